The van der Waals surface area contributed by atoms with E-state index in [1.807, 2.05) is 23.6 Å². The molecule has 0 aliphatic heterocycles. The van der Waals surface area contributed by atoms with Gasteiger partial charge >= 0.3 is 0 Å². The molecule has 1 atom stereocenters. The predicted molar refractivity (Wildman–Crippen MR) is 72.5 cm³/mol. The van der Waals surface area contributed by atoms with Crippen LogP contribution in [-0.2, 0) is 0 Å². The normalized spacial score (nSPS) is 12.7. The lowest BCUT2D eigenvalue weighted by molar-refractivity contribution is 0.221. The van der Waals surface area contributed by atoms with Gasteiger partial charge in [0.05, 0.1) is 2.88 Å². The fourth-order valence-corrected chi connectivity index (χ4v) is 2.93. The van der Waals surface area contributed by atoms with Crippen molar-refractivity contribution in [3.8, 4) is 0 Å². The fraction of sp³-hybridized carbons (Fsp3) is 0.0909. The lowest BCUT2D eigenvalue weighted by atomic mass is 10.0. The molecule has 1 aromatic carbocycles. The molecule has 0 aliphatic carbocycles. The number of aliphatic hydroxyl groups excluding tert-OH is 1. The van der Waals surface area contributed by atoms with Crippen molar-refractivity contribution in [3.05, 3.63) is 54.7 Å². The number of hydrogen-bond acceptors (Lipinski definition) is 2. The zero-order valence-corrected chi connectivity index (χ0v) is 11.4. The Morgan fingerprint density at radius 3 is 2.67 bits per heavy atom. The highest BCUT2D eigenvalue weighted by atomic mass is 127. The van der Waals surface area contributed by atoms with Gasteiger partial charge < -0.3 is 5.11 Å². The number of thiophene rings is 1. The Kier molecular flexibility index (Phi) is 3.66. The standard InChI is InChI=1S/C11H8ClIOS/c12-9-3-1-2-7(4-9)11(14)8-5-10(13)15-6-8/h1-6,11,14H. The van der Waals surface area contributed by atoms with E-state index < -0.39 is 6.10 Å². The number of aliphatic hydroxyl groups is 1. The molecule has 78 valence electrons. The second-order valence-electron chi connectivity index (χ2n) is 3.14. The maximum absolute atomic E-state index is 10.1. The minimum atomic E-state index is -0.580. The van der Waals surface area contributed by atoms with E-state index in [4.69, 9.17) is 11.6 Å². The number of halogens is 2. The molecule has 0 saturated carbocycles. The van der Waals surface area contributed by atoms with Crippen LogP contribution >= 0.6 is 45.5 Å². The first-order chi connectivity index (χ1) is 7.16. The Morgan fingerprint density at radius 1 is 1.27 bits per heavy atom. The van der Waals surface area contributed by atoms with Crippen LogP contribution in [0.5, 0.6) is 0 Å². The lowest BCUT2D eigenvalue weighted by Gasteiger charge is -2.09. The smallest absolute Gasteiger partial charge is 0.105 e. The van der Waals surface area contributed by atoms with E-state index in [9.17, 15) is 5.11 Å². The van der Waals surface area contributed by atoms with E-state index in [0.717, 1.165) is 11.1 Å². The Hall–Kier alpha value is -0.100. The molecular formula is C11H8ClIOS. The molecule has 0 aliphatic rings. The molecule has 4 heteroatoms. The van der Waals surface area contributed by atoms with Gasteiger partial charge in [0.15, 0.2) is 0 Å². The zero-order valence-electron chi connectivity index (χ0n) is 7.65. The molecule has 0 fully saturated rings. The quantitative estimate of drug-likeness (QED) is 0.809. The van der Waals surface area contributed by atoms with Gasteiger partial charge in [-0.2, -0.15) is 0 Å². The first-order valence-corrected chi connectivity index (χ1v) is 6.68. The molecule has 1 unspecified atom stereocenters. The highest BCUT2D eigenvalue weighted by Gasteiger charge is 2.11. The summed E-state index contributed by atoms with van der Waals surface area (Å²) in [6, 6.07) is 9.29. The monoisotopic (exact) mass is 350 g/mol. The van der Waals surface area contributed by atoms with Crippen LogP contribution in [0.1, 0.15) is 17.2 Å². The Morgan fingerprint density at radius 2 is 2.07 bits per heavy atom. The summed E-state index contributed by atoms with van der Waals surface area (Å²) >= 11 is 9.74. The van der Waals surface area contributed by atoms with Gasteiger partial charge in [-0.15, -0.1) is 11.3 Å². The molecular weight excluding hydrogens is 343 g/mol. The van der Waals surface area contributed by atoms with Crippen molar-refractivity contribution in [2.75, 3.05) is 0 Å². The summed E-state index contributed by atoms with van der Waals surface area (Å²) < 4.78 is 1.17. The van der Waals surface area contributed by atoms with Gasteiger partial charge in [0.2, 0.25) is 0 Å². The lowest BCUT2D eigenvalue weighted by Crippen LogP contribution is -1.97. The summed E-state index contributed by atoms with van der Waals surface area (Å²) in [5.74, 6) is 0. The van der Waals surface area contributed by atoms with Crippen molar-refractivity contribution in [2.24, 2.45) is 0 Å². The van der Waals surface area contributed by atoms with Gasteiger partial charge in [-0.25, -0.2) is 0 Å². The third-order valence-corrected chi connectivity index (χ3v) is 4.11. The van der Waals surface area contributed by atoms with Crippen molar-refractivity contribution < 1.29 is 5.11 Å². The maximum atomic E-state index is 10.1. The summed E-state index contributed by atoms with van der Waals surface area (Å²) in [5.41, 5.74) is 1.75. The molecule has 2 aromatic rings. The first-order valence-electron chi connectivity index (χ1n) is 4.34. The molecule has 1 heterocycles. The number of rotatable bonds is 2. The van der Waals surface area contributed by atoms with E-state index in [1.54, 1.807) is 23.5 Å². The Labute approximate surface area is 111 Å². The van der Waals surface area contributed by atoms with Crippen LogP contribution in [0.2, 0.25) is 5.02 Å². The van der Waals surface area contributed by atoms with Gasteiger partial charge in [0, 0.05) is 5.02 Å². The number of hydrogen-bond donors (Lipinski definition) is 1. The summed E-state index contributed by atoms with van der Waals surface area (Å²) in [5, 5.41) is 12.7. The third-order valence-electron chi connectivity index (χ3n) is 2.07. The molecule has 0 radical (unpaired) electrons. The van der Waals surface area contributed by atoms with Crippen LogP contribution in [0.25, 0.3) is 0 Å². The molecule has 0 bridgehead atoms. The van der Waals surface area contributed by atoms with E-state index in [0.29, 0.717) is 5.02 Å². The van der Waals surface area contributed by atoms with Crippen LogP contribution < -0.4 is 0 Å². The van der Waals surface area contributed by atoms with Gasteiger partial charge in [0.25, 0.3) is 0 Å². The molecule has 1 nitrogen and oxygen atoms in total. The number of benzene rings is 1. The van der Waals surface area contributed by atoms with Crippen LogP contribution in [0.4, 0.5) is 0 Å². The third kappa shape index (κ3) is 2.72. The SMILES string of the molecule is OC(c1cccc(Cl)c1)c1csc(I)c1. The van der Waals surface area contributed by atoms with Crippen molar-refractivity contribution >= 4 is 45.5 Å². The van der Waals surface area contributed by atoms with E-state index in [1.165, 1.54) is 2.88 Å². The predicted octanol–water partition coefficient (Wildman–Crippen LogP) is 4.09. The zero-order chi connectivity index (χ0) is 10.8. The van der Waals surface area contributed by atoms with Crippen LogP contribution in [0.15, 0.2) is 35.7 Å². The minimum absolute atomic E-state index is 0.580. The average molecular weight is 351 g/mol. The second-order valence-corrected chi connectivity index (χ2v) is 6.38. The summed E-state index contributed by atoms with van der Waals surface area (Å²) in [4.78, 5) is 0. The van der Waals surface area contributed by atoms with E-state index in [2.05, 4.69) is 22.6 Å². The largest absolute Gasteiger partial charge is 0.384 e. The van der Waals surface area contributed by atoms with Crippen molar-refractivity contribution in [1.29, 1.82) is 0 Å². The summed E-state index contributed by atoms with van der Waals surface area (Å²) in [6.07, 6.45) is -0.580. The highest BCUT2D eigenvalue weighted by Crippen LogP contribution is 2.28. The summed E-state index contributed by atoms with van der Waals surface area (Å²) in [7, 11) is 0. The molecule has 1 aromatic heterocycles. The summed E-state index contributed by atoms with van der Waals surface area (Å²) in [6.45, 7) is 0. The van der Waals surface area contributed by atoms with E-state index >= 15 is 0 Å². The van der Waals surface area contributed by atoms with Crippen LogP contribution in [0.3, 0.4) is 0 Å². The van der Waals surface area contributed by atoms with Crippen molar-refractivity contribution in [1.82, 2.24) is 0 Å². The maximum Gasteiger partial charge on any atom is 0.105 e. The van der Waals surface area contributed by atoms with E-state index in [-0.39, 0.29) is 0 Å². The molecule has 1 N–H and O–H groups in total. The fourth-order valence-electron chi connectivity index (χ4n) is 1.34. The highest BCUT2D eigenvalue weighted by molar-refractivity contribution is 14.1. The second kappa shape index (κ2) is 4.82. The first kappa shape index (κ1) is 11.4. The van der Waals surface area contributed by atoms with Crippen molar-refractivity contribution in [2.45, 2.75) is 6.10 Å². The Balaban J connectivity index is 2.32. The topological polar surface area (TPSA) is 20.2 Å². The molecule has 0 spiro atoms. The van der Waals surface area contributed by atoms with Gasteiger partial charge in [-0.1, -0.05) is 23.7 Å². The van der Waals surface area contributed by atoms with Crippen LogP contribution in [-0.4, -0.2) is 5.11 Å². The van der Waals surface area contributed by atoms with Gasteiger partial charge in [0.1, 0.15) is 6.10 Å². The molecule has 15 heavy (non-hydrogen) atoms. The molecule has 0 saturated heterocycles. The van der Waals surface area contributed by atoms with Gasteiger partial charge in [-0.3, -0.25) is 0 Å². The van der Waals surface area contributed by atoms with Crippen molar-refractivity contribution in [3.63, 3.8) is 0 Å². The Bertz CT molecular complexity index is 469. The molecule has 0 amide bonds. The van der Waals surface area contributed by atoms with Gasteiger partial charge in [-0.05, 0) is 57.3 Å². The van der Waals surface area contributed by atoms with Crippen LogP contribution in [0, 0.1) is 2.88 Å². The minimum Gasteiger partial charge on any atom is -0.384 e. The average Bonchev–Trinajstić information content (AvgIpc) is 2.64. The molecule has 2 rings (SSSR count).